The number of hydrogen-bond acceptors (Lipinski definition) is 4. The van der Waals surface area contributed by atoms with Crippen molar-refractivity contribution in [3.8, 4) is 0 Å². The Morgan fingerprint density at radius 2 is 2.31 bits per heavy atom. The van der Waals surface area contributed by atoms with Crippen molar-refractivity contribution < 1.29 is 9.53 Å². The summed E-state index contributed by atoms with van der Waals surface area (Å²) in [4.78, 5) is 15.9. The van der Waals surface area contributed by atoms with Gasteiger partial charge in [-0.15, -0.1) is 0 Å². The number of anilines is 1. The molecular formula is C11H13N3O2. The first kappa shape index (κ1) is 10.5. The van der Waals surface area contributed by atoms with E-state index in [-0.39, 0.29) is 5.97 Å². The second-order valence-electron chi connectivity index (χ2n) is 3.42. The van der Waals surface area contributed by atoms with Gasteiger partial charge < -0.3 is 15.0 Å². The Morgan fingerprint density at radius 1 is 1.56 bits per heavy atom. The molecule has 0 amide bonds. The fourth-order valence-electron chi connectivity index (χ4n) is 1.66. The number of imidazole rings is 1. The highest BCUT2D eigenvalue weighted by molar-refractivity contribution is 6.02. The van der Waals surface area contributed by atoms with Gasteiger partial charge in [-0.3, -0.25) is 0 Å². The summed E-state index contributed by atoms with van der Waals surface area (Å²) < 4.78 is 6.66. The molecule has 2 N–H and O–H groups in total. The number of aromatic nitrogens is 2. The lowest BCUT2D eigenvalue weighted by atomic mass is 10.2. The Hall–Kier alpha value is -2.04. The molecule has 0 saturated carbocycles. The average molecular weight is 219 g/mol. The summed E-state index contributed by atoms with van der Waals surface area (Å²) in [5, 5.41) is 0. The topological polar surface area (TPSA) is 70.1 Å². The van der Waals surface area contributed by atoms with Crippen molar-refractivity contribution in [3.05, 3.63) is 23.8 Å². The Kier molecular flexibility index (Phi) is 2.52. The summed E-state index contributed by atoms with van der Waals surface area (Å²) in [7, 11) is 1.77. The highest BCUT2D eigenvalue weighted by Gasteiger charge is 2.15. The largest absolute Gasteiger partial charge is 0.462 e. The molecule has 0 aliphatic carbocycles. The summed E-state index contributed by atoms with van der Waals surface area (Å²) in [6.07, 6.45) is 0. The van der Waals surface area contributed by atoms with Crippen LogP contribution in [-0.2, 0) is 11.8 Å². The SMILES string of the molecule is CCOC(=O)c1cccc2nc(N)n(C)c12. The minimum Gasteiger partial charge on any atom is -0.462 e. The molecule has 1 aromatic heterocycles. The van der Waals surface area contributed by atoms with Crippen LogP contribution >= 0.6 is 0 Å². The van der Waals surface area contributed by atoms with E-state index in [1.165, 1.54) is 0 Å². The van der Waals surface area contributed by atoms with Crippen molar-refractivity contribution >= 4 is 23.0 Å². The lowest BCUT2D eigenvalue weighted by Crippen LogP contribution is -2.07. The van der Waals surface area contributed by atoms with E-state index in [0.717, 1.165) is 0 Å². The number of aryl methyl sites for hydroxylation is 1. The molecule has 0 saturated heterocycles. The van der Waals surface area contributed by atoms with Crippen LogP contribution in [-0.4, -0.2) is 22.1 Å². The number of nitrogens with two attached hydrogens (primary N) is 1. The molecule has 84 valence electrons. The number of fused-ring (bicyclic) bond motifs is 1. The number of ether oxygens (including phenoxy) is 1. The third-order valence-corrected chi connectivity index (χ3v) is 2.42. The number of hydrogen-bond donors (Lipinski definition) is 1. The van der Waals surface area contributed by atoms with E-state index in [9.17, 15) is 4.79 Å². The number of para-hydroxylation sites is 1. The van der Waals surface area contributed by atoms with Gasteiger partial charge in [0.15, 0.2) is 0 Å². The van der Waals surface area contributed by atoms with E-state index in [1.54, 1.807) is 30.7 Å². The van der Waals surface area contributed by atoms with Gasteiger partial charge in [0.2, 0.25) is 5.95 Å². The van der Waals surface area contributed by atoms with Gasteiger partial charge >= 0.3 is 5.97 Å². The maximum Gasteiger partial charge on any atom is 0.340 e. The van der Waals surface area contributed by atoms with Crippen molar-refractivity contribution in [3.63, 3.8) is 0 Å². The summed E-state index contributed by atoms with van der Waals surface area (Å²) in [6.45, 7) is 2.12. The maximum atomic E-state index is 11.7. The molecule has 16 heavy (non-hydrogen) atoms. The van der Waals surface area contributed by atoms with Crippen molar-refractivity contribution in [2.24, 2.45) is 7.05 Å². The zero-order valence-corrected chi connectivity index (χ0v) is 9.23. The van der Waals surface area contributed by atoms with Gasteiger partial charge in [-0.2, -0.15) is 0 Å². The second-order valence-corrected chi connectivity index (χ2v) is 3.42. The number of carbonyl (C=O) groups is 1. The van der Waals surface area contributed by atoms with Crippen molar-refractivity contribution in [2.75, 3.05) is 12.3 Å². The van der Waals surface area contributed by atoms with Gasteiger partial charge in [0, 0.05) is 7.05 Å². The Labute approximate surface area is 92.8 Å². The minimum absolute atomic E-state index is 0.350. The zero-order valence-electron chi connectivity index (χ0n) is 9.23. The van der Waals surface area contributed by atoms with E-state index in [4.69, 9.17) is 10.5 Å². The molecule has 0 spiro atoms. The molecular weight excluding hydrogens is 206 g/mol. The molecule has 0 bridgehead atoms. The Balaban J connectivity index is 2.65. The number of benzene rings is 1. The third kappa shape index (κ3) is 1.50. The summed E-state index contributed by atoms with van der Waals surface area (Å²) in [5.41, 5.74) is 7.59. The molecule has 0 unspecified atom stereocenters. The first-order valence-electron chi connectivity index (χ1n) is 5.03. The zero-order chi connectivity index (χ0) is 11.7. The van der Waals surface area contributed by atoms with E-state index in [0.29, 0.717) is 29.2 Å². The van der Waals surface area contributed by atoms with E-state index in [1.807, 2.05) is 6.07 Å². The van der Waals surface area contributed by atoms with Crippen LogP contribution < -0.4 is 5.73 Å². The smallest absolute Gasteiger partial charge is 0.340 e. The predicted molar refractivity (Wildman–Crippen MR) is 61.1 cm³/mol. The molecule has 0 fully saturated rings. The molecule has 5 nitrogen and oxygen atoms in total. The average Bonchev–Trinajstić information content (AvgIpc) is 2.55. The van der Waals surface area contributed by atoms with Crippen LogP contribution in [0.2, 0.25) is 0 Å². The highest BCUT2D eigenvalue weighted by Crippen LogP contribution is 2.21. The normalized spacial score (nSPS) is 10.6. The summed E-state index contributed by atoms with van der Waals surface area (Å²) in [5.74, 6) is 0.0304. The number of esters is 1. The van der Waals surface area contributed by atoms with E-state index in [2.05, 4.69) is 4.98 Å². The summed E-state index contributed by atoms with van der Waals surface area (Å²) >= 11 is 0. The van der Waals surface area contributed by atoms with Crippen LogP contribution in [0.25, 0.3) is 11.0 Å². The fourth-order valence-corrected chi connectivity index (χ4v) is 1.66. The molecule has 0 atom stereocenters. The predicted octanol–water partition coefficient (Wildman–Crippen LogP) is 1.33. The van der Waals surface area contributed by atoms with Gasteiger partial charge in [0.25, 0.3) is 0 Å². The van der Waals surface area contributed by atoms with Crippen molar-refractivity contribution in [1.82, 2.24) is 9.55 Å². The van der Waals surface area contributed by atoms with Crippen LogP contribution in [0, 0.1) is 0 Å². The first-order valence-corrected chi connectivity index (χ1v) is 5.03. The summed E-state index contributed by atoms with van der Waals surface area (Å²) in [6, 6.07) is 5.29. The van der Waals surface area contributed by atoms with Gasteiger partial charge in [-0.05, 0) is 19.1 Å². The molecule has 0 aliphatic heterocycles. The van der Waals surface area contributed by atoms with E-state index >= 15 is 0 Å². The quantitative estimate of drug-likeness (QED) is 0.773. The van der Waals surface area contributed by atoms with Gasteiger partial charge in [-0.1, -0.05) is 6.07 Å². The van der Waals surface area contributed by atoms with Crippen LogP contribution in [0.5, 0.6) is 0 Å². The van der Waals surface area contributed by atoms with Crippen LogP contribution in [0.15, 0.2) is 18.2 Å². The lowest BCUT2D eigenvalue weighted by molar-refractivity contribution is 0.0528. The second kappa shape index (κ2) is 3.84. The number of carbonyl (C=O) groups excluding carboxylic acids is 1. The van der Waals surface area contributed by atoms with Crippen molar-refractivity contribution in [1.29, 1.82) is 0 Å². The molecule has 5 heteroatoms. The minimum atomic E-state index is -0.351. The standard InChI is InChI=1S/C11H13N3O2/c1-3-16-10(15)7-5-4-6-8-9(7)14(2)11(12)13-8/h4-6H,3H2,1-2H3,(H2,12,13). The monoisotopic (exact) mass is 219 g/mol. The molecule has 0 radical (unpaired) electrons. The molecule has 2 rings (SSSR count). The van der Waals surface area contributed by atoms with Gasteiger partial charge in [0.1, 0.15) is 0 Å². The third-order valence-electron chi connectivity index (χ3n) is 2.42. The van der Waals surface area contributed by atoms with Crippen LogP contribution in [0.1, 0.15) is 17.3 Å². The number of nitrogens with zero attached hydrogens (tertiary/aromatic N) is 2. The van der Waals surface area contributed by atoms with E-state index < -0.39 is 0 Å². The van der Waals surface area contributed by atoms with Gasteiger partial charge in [-0.25, -0.2) is 9.78 Å². The van der Waals surface area contributed by atoms with Crippen LogP contribution in [0.3, 0.4) is 0 Å². The van der Waals surface area contributed by atoms with Gasteiger partial charge in [0.05, 0.1) is 23.2 Å². The first-order chi connectivity index (χ1) is 7.65. The fraction of sp³-hybridized carbons (Fsp3) is 0.273. The highest BCUT2D eigenvalue weighted by atomic mass is 16.5. The van der Waals surface area contributed by atoms with Crippen LogP contribution in [0.4, 0.5) is 5.95 Å². The Morgan fingerprint density at radius 3 is 3.00 bits per heavy atom. The molecule has 1 aromatic carbocycles. The molecule has 1 heterocycles. The Bertz CT molecular complexity index is 545. The lowest BCUT2D eigenvalue weighted by Gasteiger charge is -2.04. The van der Waals surface area contributed by atoms with Crippen molar-refractivity contribution in [2.45, 2.75) is 6.92 Å². The molecule has 0 aliphatic rings. The molecule has 2 aromatic rings. The number of rotatable bonds is 2. The maximum absolute atomic E-state index is 11.7. The number of nitrogen functional groups attached to an aromatic ring is 1.